The van der Waals surface area contributed by atoms with Crippen molar-refractivity contribution in [3.8, 4) is 5.75 Å². The summed E-state index contributed by atoms with van der Waals surface area (Å²) in [6.45, 7) is 2.73. The number of carbonyl (C=O) groups excluding carboxylic acids is 2. The molecule has 6 heteroatoms. The smallest absolute Gasteiger partial charge is 0.253 e. The number of hydrogen-bond donors (Lipinski definition) is 2. The summed E-state index contributed by atoms with van der Waals surface area (Å²) in [5.74, 6) is 0.288. The van der Waals surface area contributed by atoms with Crippen LogP contribution >= 0.6 is 0 Å². The van der Waals surface area contributed by atoms with Crippen molar-refractivity contribution in [2.45, 2.75) is 32.1 Å². The highest BCUT2D eigenvalue weighted by Gasteiger charge is 2.42. The molecule has 25 heavy (non-hydrogen) atoms. The van der Waals surface area contributed by atoms with E-state index < -0.39 is 0 Å². The van der Waals surface area contributed by atoms with Gasteiger partial charge in [0.2, 0.25) is 5.91 Å². The SMILES string of the molecule is O=C1CCC2(CCCN(C(=O)c3ccc(O)cc3)C2)CN1CCCO. The fourth-order valence-corrected chi connectivity index (χ4v) is 4.07. The fourth-order valence-electron chi connectivity index (χ4n) is 4.07. The van der Waals surface area contributed by atoms with Crippen molar-refractivity contribution in [2.75, 3.05) is 32.8 Å². The van der Waals surface area contributed by atoms with Gasteiger partial charge in [-0.3, -0.25) is 9.59 Å². The quantitative estimate of drug-likeness (QED) is 0.868. The highest BCUT2D eigenvalue weighted by molar-refractivity contribution is 5.94. The van der Waals surface area contributed by atoms with Crippen molar-refractivity contribution in [3.63, 3.8) is 0 Å². The van der Waals surface area contributed by atoms with E-state index in [4.69, 9.17) is 5.11 Å². The van der Waals surface area contributed by atoms with Gasteiger partial charge in [-0.2, -0.15) is 0 Å². The van der Waals surface area contributed by atoms with Crippen molar-refractivity contribution >= 4 is 11.8 Å². The van der Waals surface area contributed by atoms with Gasteiger partial charge in [0.15, 0.2) is 0 Å². The van der Waals surface area contributed by atoms with Crippen LogP contribution in [0.3, 0.4) is 0 Å². The highest BCUT2D eigenvalue weighted by Crippen LogP contribution is 2.39. The first-order valence-electron chi connectivity index (χ1n) is 9.00. The van der Waals surface area contributed by atoms with Gasteiger partial charge >= 0.3 is 0 Å². The number of aliphatic hydroxyl groups excluding tert-OH is 1. The Morgan fingerprint density at radius 2 is 1.92 bits per heavy atom. The van der Waals surface area contributed by atoms with Crippen molar-refractivity contribution in [2.24, 2.45) is 5.41 Å². The average Bonchev–Trinajstić information content (AvgIpc) is 2.63. The largest absolute Gasteiger partial charge is 0.508 e. The number of aromatic hydroxyl groups is 1. The molecule has 0 saturated carbocycles. The van der Waals surface area contributed by atoms with Crippen molar-refractivity contribution in [1.82, 2.24) is 9.80 Å². The summed E-state index contributed by atoms with van der Waals surface area (Å²) in [5.41, 5.74) is 0.549. The van der Waals surface area contributed by atoms with Crippen LogP contribution in [0.1, 0.15) is 42.5 Å². The number of aliphatic hydroxyl groups is 1. The molecule has 2 saturated heterocycles. The lowest BCUT2D eigenvalue weighted by Gasteiger charge is -2.48. The van der Waals surface area contributed by atoms with Gasteiger partial charge in [-0.05, 0) is 49.9 Å². The van der Waals surface area contributed by atoms with E-state index in [1.54, 1.807) is 12.1 Å². The van der Waals surface area contributed by atoms with Crippen molar-refractivity contribution < 1.29 is 19.8 Å². The zero-order valence-electron chi connectivity index (χ0n) is 14.5. The van der Waals surface area contributed by atoms with Crippen LogP contribution in [0.5, 0.6) is 5.75 Å². The van der Waals surface area contributed by atoms with Gasteiger partial charge in [0.1, 0.15) is 5.75 Å². The maximum Gasteiger partial charge on any atom is 0.253 e. The Bertz CT molecular complexity index is 631. The van der Waals surface area contributed by atoms with Crippen LogP contribution in [0, 0.1) is 5.41 Å². The zero-order chi connectivity index (χ0) is 17.9. The number of benzene rings is 1. The number of amides is 2. The third kappa shape index (κ3) is 3.95. The predicted molar refractivity (Wildman–Crippen MR) is 93.2 cm³/mol. The molecule has 2 amide bonds. The maximum atomic E-state index is 12.8. The number of phenols is 1. The van der Waals surface area contributed by atoms with Crippen molar-refractivity contribution in [1.29, 1.82) is 0 Å². The summed E-state index contributed by atoms with van der Waals surface area (Å²) in [7, 11) is 0. The second kappa shape index (κ2) is 7.44. The molecular weight excluding hydrogens is 320 g/mol. The third-order valence-electron chi connectivity index (χ3n) is 5.40. The van der Waals surface area contributed by atoms with E-state index in [-0.39, 0.29) is 29.6 Å². The van der Waals surface area contributed by atoms with Crippen LogP contribution in [0.2, 0.25) is 0 Å². The van der Waals surface area contributed by atoms with Crippen LogP contribution in [-0.4, -0.2) is 64.6 Å². The summed E-state index contributed by atoms with van der Waals surface area (Å²) >= 11 is 0. The first kappa shape index (κ1) is 17.7. The molecule has 1 unspecified atom stereocenters. The van der Waals surface area contributed by atoms with Gasteiger partial charge in [-0.25, -0.2) is 0 Å². The second-order valence-electron chi connectivity index (χ2n) is 7.27. The molecule has 2 heterocycles. The Morgan fingerprint density at radius 1 is 1.16 bits per heavy atom. The molecular formula is C19H26N2O4. The Balaban J connectivity index is 1.70. The molecule has 2 N–H and O–H groups in total. The van der Waals surface area contributed by atoms with Crippen LogP contribution in [-0.2, 0) is 4.79 Å². The first-order chi connectivity index (χ1) is 12.0. The summed E-state index contributed by atoms with van der Waals surface area (Å²) < 4.78 is 0. The number of nitrogens with zero attached hydrogens (tertiary/aromatic N) is 2. The summed E-state index contributed by atoms with van der Waals surface area (Å²) in [6.07, 6.45) is 3.90. The number of carbonyl (C=O) groups is 2. The Morgan fingerprint density at radius 3 is 2.64 bits per heavy atom. The number of piperidine rings is 2. The minimum atomic E-state index is -0.0335. The second-order valence-corrected chi connectivity index (χ2v) is 7.27. The van der Waals surface area contributed by atoms with Gasteiger partial charge in [0, 0.05) is 50.2 Å². The van der Waals surface area contributed by atoms with Crippen LogP contribution < -0.4 is 0 Å². The van der Waals surface area contributed by atoms with E-state index in [2.05, 4.69) is 0 Å². The predicted octanol–water partition coefficient (Wildman–Crippen LogP) is 1.62. The summed E-state index contributed by atoms with van der Waals surface area (Å²) in [5, 5.41) is 18.4. The van der Waals surface area contributed by atoms with Gasteiger partial charge in [-0.15, -0.1) is 0 Å². The molecule has 0 bridgehead atoms. The lowest BCUT2D eigenvalue weighted by atomic mass is 9.73. The molecule has 6 nitrogen and oxygen atoms in total. The summed E-state index contributed by atoms with van der Waals surface area (Å²) in [6, 6.07) is 6.36. The Labute approximate surface area is 148 Å². The highest BCUT2D eigenvalue weighted by atomic mass is 16.3. The number of phenolic OH excluding ortho intramolecular Hbond substituents is 1. The third-order valence-corrected chi connectivity index (χ3v) is 5.40. The van der Waals surface area contributed by atoms with E-state index in [1.807, 2.05) is 9.80 Å². The topological polar surface area (TPSA) is 81.1 Å². The molecule has 1 atom stereocenters. The minimum absolute atomic E-state index is 0.0158. The fraction of sp³-hybridized carbons (Fsp3) is 0.579. The van der Waals surface area contributed by atoms with Crippen LogP contribution in [0.15, 0.2) is 24.3 Å². The van der Waals surface area contributed by atoms with Gasteiger partial charge in [0.05, 0.1) is 0 Å². The number of rotatable bonds is 4. The van der Waals surface area contributed by atoms with Gasteiger partial charge in [0.25, 0.3) is 5.91 Å². The molecule has 3 rings (SSSR count). The molecule has 1 aromatic carbocycles. The molecule has 2 aliphatic rings. The van der Waals surface area contributed by atoms with Gasteiger partial charge in [-0.1, -0.05) is 0 Å². The van der Waals surface area contributed by atoms with E-state index in [0.29, 0.717) is 38.0 Å². The first-order valence-corrected chi connectivity index (χ1v) is 9.00. The maximum absolute atomic E-state index is 12.8. The normalized spacial score (nSPS) is 24.0. The lowest BCUT2D eigenvalue weighted by Crippen LogP contribution is -2.55. The molecule has 136 valence electrons. The van der Waals surface area contributed by atoms with E-state index in [9.17, 15) is 14.7 Å². The lowest BCUT2D eigenvalue weighted by molar-refractivity contribution is -0.139. The molecule has 1 aromatic rings. The molecule has 1 spiro atoms. The standard InChI is InChI=1S/C19H26N2O4/c22-12-2-11-20-13-19(9-7-17(20)24)8-1-10-21(14-19)18(25)15-3-5-16(23)6-4-15/h3-6,22-23H,1-2,7-14H2. The Kier molecular flexibility index (Phi) is 5.27. The van der Waals surface area contributed by atoms with E-state index in [0.717, 1.165) is 25.8 Å². The van der Waals surface area contributed by atoms with Crippen LogP contribution in [0.25, 0.3) is 0 Å². The summed E-state index contributed by atoms with van der Waals surface area (Å²) in [4.78, 5) is 28.7. The molecule has 0 aliphatic carbocycles. The van der Waals surface area contributed by atoms with E-state index in [1.165, 1.54) is 12.1 Å². The zero-order valence-corrected chi connectivity index (χ0v) is 14.5. The van der Waals surface area contributed by atoms with Gasteiger partial charge < -0.3 is 20.0 Å². The number of likely N-dealkylation sites (tertiary alicyclic amines) is 2. The van der Waals surface area contributed by atoms with Crippen LogP contribution in [0.4, 0.5) is 0 Å². The monoisotopic (exact) mass is 346 g/mol. The minimum Gasteiger partial charge on any atom is -0.508 e. The molecule has 0 aromatic heterocycles. The average molecular weight is 346 g/mol. The molecule has 2 aliphatic heterocycles. The van der Waals surface area contributed by atoms with E-state index >= 15 is 0 Å². The Hall–Kier alpha value is -2.08. The van der Waals surface area contributed by atoms with Crippen molar-refractivity contribution in [3.05, 3.63) is 29.8 Å². The molecule has 2 fully saturated rings. The number of hydrogen-bond acceptors (Lipinski definition) is 4. The molecule has 0 radical (unpaired) electrons.